The number of aromatic amines is 1. The average Bonchev–Trinajstić information content (AvgIpc) is 2.72. The van der Waals surface area contributed by atoms with E-state index < -0.39 is 18.4 Å². The molecule has 0 saturated heterocycles. The van der Waals surface area contributed by atoms with E-state index in [-0.39, 0.29) is 23.9 Å². The lowest BCUT2D eigenvalue weighted by atomic mass is 10.2. The van der Waals surface area contributed by atoms with Crippen LogP contribution in [0.5, 0.6) is 0 Å². The Hall–Kier alpha value is -2.26. The molecule has 0 bridgehead atoms. The molecule has 0 aliphatic rings. The van der Waals surface area contributed by atoms with Crippen molar-refractivity contribution >= 4 is 17.5 Å². The van der Waals surface area contributed by atoms with Gasteiger partial charge in [0.05, 0.1) is 18.4 Å². The van der Waals surface area contributed by atoms with Crippen LogP contribution < -0.4 is 11.0 Å². The second-order valence-corrected chi connectivity index (χ2v) is 4.00. The highest BCUT2D eigenvalue weighted by Gasteiger charge is 2.14. The zero-order valence-corrected chi connectivity index (χ0v) is 10.1. The minimum atomic E-state index is -0.982. The van der Waals surface area contributed by atoms with Gasteiger partial charge in [-0.15, -0.1) is 0 Å². The number of anilines is 1. The highest BCUT2D eigenvalue weighted by molar-refractivity contribution is 5.86. The molecule has 1 amide bonds. The Labute approximate surface area is 106 Å². The molecule has 19 heavy (non-hydrogen) atoms. The number of aliphatic hydroxyl groups is 2. The summed E-state index contributed by atoms with van der Waals surface area (Å²) in [6, 6.07) is 0. The molecular formula is C10H13N5O4. The van der Waals surface area contributed by atoms with Crippen LogP contribution in [-0.2, 0) is 11.2 Å². The van der Waals surface area contributed by atoms with Crippen LogP contribution in [0, 0.1) is 0 Å². The van der Waals surface area contributed by atoms with Crippen molar-refractivity contribution in [1.82, 2.24) is 19.4 Å². The summed E-state index contributed by atoms with van der Waals surface area (Å²) < 4.78 is 1.16. The van der Waals surface area contributed by atoms with E-state index in [1.54, 1.807) is 0 Å². The molecule has 2 heterocycles. The van der Waals surface area contributed by atoms with E-state index in [4.69, 9.17) is 5.11 Å². The van der Waals surface area contributed by atoms with Gasteiger partial charge in [-0.3, -0.25) is 15.1 Å². The molecule has 1 atom stereocenters. The van der Waals surface area contributed by atoms with Crippen LogP contribution in [0.2, 0.25) is 0 Å². The summed E-state index contributed by atoms with van der Waals surface area (Å²) >= 11 is 0. The molecule has 9 nitrogen and oxygen atoms in total. The minimum Gasteiger partial charge on any atom is -0.394 e. The number of carbonyl (C=O) groups is 1. The molecule has 0 saturated carbocycles. The van der Waals surface area contributed by atoms with Gasteiger partial charge in [0.25, 0.3) is 0 Å². The maximum absolute atomic E-state index is 11.7. The first-order chi connectivity index (χ1) is 9.01. The number of carbonyl (C=O) groups excluding carboxylic acids is 1. The van der Waals surface area contributed by atoms with Crippen LogP contribution in [-0.4, -0.2) is 48.2 Å². The van der Waals surface area contributed by atoms with E-state index in [9.17, 15) is 14.7 Å². The average molecular weight is 267 g/mol. The fraction of sp³-hybridized carbons (Fsp3) is 0.400. The van der Waals surface area contributed by atoms with Gasteiger partial charge in [0.1, 0.15) is 6.33 Å². The summed E-state index contributed by atoms with van der Waals surface area (Å²) in [5.74, 6) is -0.366. The van der Waals surface area contributed by atoms with Crippen LogP contribution in [0.15, 0.2) is 11.1 Å². The number of imidazole rings is 1. The molecule has 0 aliphatic carbocycles. The van der Waals surface area contributed by atoms with Crippen LogP contribution in [0.3, 0.4) is 0 Å². The predicted molar refractivity (Wildman–Crippen MR) is 64.7 cm³/mol. The molecule has 1 unspecified atom stereocenters. The van der Waals surface area contributed by atoms with Crippen molar-refractivity contribution in [1.29, 1.82) is 0 Å². The Bertz CT molecular complexity index is 661. The highest BCUT2D eigenvalue weighted by atomic mass is 16.3. The van der Waals surface area contributed by atoms with Gasteiger partial charge < -0.3 is 10.2 Å². The number of hydrogen-bond acceptors (Lipinski definition) is 6. The quantitative estimate of drug-likeness (QED) is 0.520. The first-order valence-electron chi connectivity index (χ1n) is 5.54. The molecule has 9 heteroatoms. The number of nitrogens with one attached hydrogen (secondary N) is 2. The van der Waals surface area contributed by atoms with Crippen molar-refractivity contribution in [3.8, 4) is 0 Å². The largest absolute Gasteiger partial charge is 0.394 e. The maximum atomic E-state index is 11.7. The number of aromatic nitrogens is 4. The first kappa shape index (κ1) is 13.2. The summed E-state index contributed by atoms with van der Waals surface area (Å²) in [6.07, 6.45) is 0.338. The highest BCUT2D eigenvalue weighted by Crippen LogP contribution is 2.08. The Morgan fingerprint density at radius 1 is 1.63 bits per heavy atom. The number of aliphatic hydroxyl groups excluding tert-OH is 2. The normalized spacial score (nSPS) is 12.6. The van der Waals surface area contributed by atoms with Gasteiger partial charge in [-0.1, -0.05) is 0 Å². The van der Waals surface area contributed by atoms with Gasteiger partial charge in [0.2, 0.25) is 11.9 Å². The zero-order chi connectivity index (χ0) is 14.0. The second kappa shape index (κ2) is 5.16. The lowest BCUT2D eigenvalue weighted by Crippen LogP contribution is -2.22. The Morgan fingerprint density at radius 2 is 2.37 bits per heavy atom. The van der Waals surface area contributed by atoms with E-state index in [1.807, 2.05) is 0 Å². The summed E-state index contributed by atoms with van der Waals surface area (Å²) in [7, 11) is 0. The van der Waals surface area contributed by atoms with Crippen LogP contribution in [0.4, 0.5) is 5.95 Å². The van der Waals surface area contributed by atoms with Gasteiger partial charge >= 0.3 is 5.69 Å². The molecule has 0 spiro atoms. The van der Waals surface area contributed by atoms with Crippen LogP contribution in [0.1, 0.15) is 12.6 Å². The molecule has 0 aromatic carbocycles. The number of hydrogen-bond donors (Lipinski definition) is 4. The predicted octanol–water partition coefficient (Wildman–Crippen LogP) is -1.73. The molecule has 2 aromatic heterocycles. The van der Waals surface area contributed by atoms with E-state index in [2.05, 4.69) is 20.3 Å². The Morgan fingerprint density at radius 3 is 3.00 bits per heavy atom. The van der Waals surface area contributed by atoms with Crippen LogP contribution in [0.25, 0.3) is 5.65 Å². The van der Waals surface area contributed by atoms with Gasteiger partial charge in [0, 0.05) is 13.3 Å². The molecule has 0 fully saturated rings. The third-order valence-electron chi connectivity index (χ3n) is 2.41. The van der Waals surface area contributed by atoms with E-state index in [0.717, 1.165) is 4.40 Å². The monoisotopic (exact) mass is 267 g/mol. The number of amides is 1. The third-order valence-corrected chi connectivity index (χ3v) is 2.41. The van der Waals surface area contributed by atoms with Crippen molar-refractivity contribution in [2.24, 2.45) is 0 Å². The molecule has 4 N–H and O–H groups in total. The molecule has 2 aromatic rings. The van der Waals surface area contributed by atoms with Crippen molar-refractivity contribution in [3.63, 3.8) is 0 Å². The minimum absolute atomic E-state index is 0.00485. The lowest BCUT2D eigenvalue weighted by Gasteiger charge is -2.05. The van der Waals surface area contributed by atoms with Gasteiger partial charge in [0.15, 0.2) is 5.65 Å². The fourth-order valence-corrected chi connectivity index (χ4v) is 1.60. The second-order valence-electron chi connectivity index (χ2n) is 4.00. The number of rotatable bonds is 4. The maximum Gasteiger partial charge on any atom is 0.335 e. The first-order valence-corrected chi connectivity index (χ1v) is 5.54. The van der Waals surface area contributed by atoms with Gasteiger partial charge in [-0.2, -0.15) is 4.98 Å². The molecular weight excluding hydrogens is 254 g/mol. The SMILES string of the molecule is CC(=O)Nc1nc2c(CC(O)CO)ncn2c(=O)[nH]1. The fourth-order valence-electron chi connectivity index (χ4n) is 1.60. The standard InChI is InChI=1S/C10H13N5O4/c1-5(17)12-9-13-8-7(2-6(18)3-16)11-4-15(8)10(19)14-9/h4,6,16,18H,2-3H2,1H3,(H2,12,13,14,17,19). The lowest BCUT2D eigenvalue weighted by molar-refractivity contribution is -0.114. The van der Waals surface area contributed by atoms with Crippen molar-refractivity contribution in [2.45, 2.75) is 19.4 Å². The summed E-state index contributed by atoms with van der Waals surface area (Å²) in [6.45, 7) is 0.873. The van der Waals surface area contributed by atoms with Crippen molar-refractivity contribution in [2.75, 3.05) is 11.9 Å². The number of fused-ring (bicyclic) bond motifs is 1. The molecule has 0 radical (unpaired) electrons. The van der Waals surface area contributed by atoms with Crippen LogP contribution >= 0.6 is 0 Å². The Kier molecular flexibility index (Phi) is 3.58. The van der Waals surface area contributed by atoms with Crippen molar-refractivity contribution < 1.29 is 15.0 Å². The summed E-state index contributed by atoms with van der Waals surface area (Å²) in [4.78, 5) is 33.0. The topological polar surface area (TPSA) is 133 Å². The van der Waals surface area contributed by atoms with E-state index in [1.165, 1.54) is 13.3 Å². The Balaban J connectivity index is 2.47. The summed E-state index contributed by atoms with van der Waals surface area (Å²) in [5, 5.41) is 20.6. The summed E-state index contributed by atoms with van der Waals surface area (Å²) in [5.41, 5.74) is 0.0743. The smallest absolute Gasteiger partial charge is 0.335 e. The van der Waals surface area contributed by atoms with E-state index in [0.29, 0.717) is 5.69 Å². The molecule has 2 rings (SSSR count). The third kappa shape index (κ3) is 2.77. The number of nitrogens with zero attached hydrogens (tertiary/aromatic N) is 3. The van der Waals surface area contributed by atoms with E-state index >= 15 is 0 Å². The number of H-pyrrole nitrogens is 1. The van der Waals surface area contributed by atoms with Crippen molar-refractivity contribution in [3.05, 3.63) is 22.5 Å². The molecule has 102 valence electrons. The van der Waals surface area contributed by atoms with Gasteiger partial charge in [-0.05, 0) is 0 Å². The molecule has 0 aliphatic heterocycles. The zero-order valence-electron chi connectivity index (χ0n) is 10.1. The van der Waals surface area contributed by atoms with Gasteiger partial charge in [-0.25, -0.2) is 14.2 Å².